The summed E-state index contributed by atoms with van der Waals surface area (Å²) in [7, 11) is 0. The molecule has 0 radical (unpaired) electrons. The molecule has 0 saturated heterocycles. The Balaban J connectivity index is 1.68. The first-order chi connectivity index (χ1) is 12.3. The van der Waals surface area contributed by atoms with E-state index in [0.717, 1.165) is 12.1 Å². The molecule has 6 nitrogen and oxygen atoms in total. The molecule has 0 unspecified atom stereocenters. The molecule has 0 saturated carbocycles. The van der Waals surface area contributed by atoms with Crippen molar-refractivity contribution in [3.63, 3.8) is 0 Å². The minimum absolute atomic E-state index is 0.101. The monoisotopic (exact) mass is 382 g/mol. The van der Waals surface area contributed by atoms with Gasteiger partial charge in [0.2, 0.25) is 5.82 Å². The number of ether oxygens (including phenoxy) is 1. The highest BCUT2D eigenvalue weighted by Gasteiger charge is 2.31. The zero-order chi connectivity index (χ0) is 18.7. The standard InChI is InChI=1S/C16H10ClF3N4O2/c17-10-1-5-12(6-2-10)24-9-21-14(23-24)15(25)22-11-3-7-13(8-4-11)26-16(18,19)20/h1-9H,(H,22,25). The number of carbonyl (C=O) groups is 1. The number of aromatic nitrogens is 3. The van der Waals surface area contributed by atoms with Crippen molar-refractivity contribution in [2.75, 3.05) is 5.32 Å². The van der Waals surface area contributed by atoms with E-state index in [-0.39, 0.29) is 17.3 Å². The van der Waals surface area contributed by atoms with Crippen molar-refractivity contribution in [2.24, 2.45) is 0 Å². The van der Waals surface area contributed by atoms with Gasteiger partial charge in [0.05, 0.1) is 5.69 Å². The van der Waals surface area contributed by atoms with Crippen LogP contribution in [-0.2, 0) is 0 Å². The van der Waals surface area contributed by atoms with Gasteiger partial charge in [-0.2, -0.15) is 0 Å². The number of nitrogens with one attached hydrogen (secondary N) is 1. The van der Waals surface area contributed by atoms with E-state index < -0.39 is 12.3 Å². The maximum Gasteiger partial charge on any atom is 0.573 e. The fraction of sp³-hybridized carbons (Fsp3) is 0.0625. The molecule has 0 bridgehead atoms. The van der Waals surface area contributed by atoms with Crippen LogP contribution < -0.4 is 10.1 Å². The van der Waals surface area contributed by atoms with Gasteiger partial charge in [0.15, 0.2) is 0 Å². The number of halogens is 4. The van der Waals surface area contributed by atoms with Crippen LogP contribution in [0.2, 0.25) is 5.02 Å². The molecule has 3 aromatic rings. The highest BCUT2D eigenvalue weighted by Crippen LogP contribution is 2.24. The summed E-state index contributed by atoms with van der Waals surface area (Å²) in [5, 5.41) is 7.10. The molecule has 2 aromatic carbocycles. The third kappa shape index (κ3) is 4.51. The second-order valence-corrected chi connectivity index (χ2v) is 5.45. The highest BCUT2D eigenvalue weighted by atomic mass is 35.5. The van der Waals surface area contributed by atoms with Gasteiger partial charge in [0.1, 0.15) is 12.1 Å². The van der Waals surface area contributed by atoms with Crippen molar-refractivity contribution in [2.45, 2.75) is 6.36 Å². The molecule has 134 valence electrons. The number of carbonyl (C=O) groups excluding carboxylic acids is 1. The SMILES string of the molecule is O=C(Nc1ccc(OC(F)(F)F)cc1)c1ncn(-c2ccc(Cl)cc2)n1. The van der Waals surface area contributed by atoms with Crippen LogP contribution in [0.4, 0.5) is 18.9 Å². The molecular formula is C16H10ClF3N4O2. The van der Waals surface area contributed by atoms with Gasteiger partial charge in [-0.15, -0.1) is 18.3 Å². The van der Waals surface area contributed by atoms with Crippen LogP contribution in [0.3, 0.4) is 0 Å². The summed E-state index contributed by atoms with van der Waals surface area (Å²) in [6.07, 6.45) is -3.42. The van der Waals surface area contributed by atoms with Crippen LogP contribution in [0.5, 0.6) is 5.75 Å². The number of anilines is 1. The zero-order valence-electron chi connectivity index (χ0n) is 12.9. The van der Waals surface area contributed by atoms with Gasteiger partial charge in [-0.3, -0.25) is 4.79 Å². The molecule has 0 fully saturated rings. The van der Waals surface area contributed by atoms with Crippen LogP contribution in [-0.4, -0.2) is 27.0 Å². The van der Waals surface area contributed by atoms with Crippen molar-refractivity contribution in [1.82, 2.24) is 14.8 Å². The Morgan fingerprint density at radius 2 is 1.73 bits per heavy atom. The lowest BCUT2D eigenvalue weighted by Crippen LogP contribution is -2.17. The molecule has 10 heteroatoms. The van der Waals surface area contributed by atoms with Crippen LogP contribution in [0.15, 0.2) is 54.9 Å². The molecule has 0 atom stereocenters. The third-order valence-corrected chi connectivity index (χ3v) is 3.38. The number of hydrogen-bond acceptors (Lipinski definition) is 4. The van der Waals surface area contributed by atoms with Crippen LogP contribution in [0.25, 0.3) is 5.69 Å². The Kier molecular flexibility index (Phi) is 4.81. The lowest BCUT2D eigenvalue weighted by molar-refractivity contribution is -0.274. The van der Waals surface area contributed by atoms with E-state index in [9.17, 15) is 18.0 Å². The predicted molar refractivity (Wildman–Crippen MR) is 87.4 cm³/mol. The van der Waals surface area contributed by atoms with Crippen molar-refractivity contribution in [3.8, 4) is 11.4 Å². The van der Waals surface area contributed by atoms with Crippen molar-refractivity contribution in [3.05, 3.63) is 65.7 Å². The van der Waals surface area contributed by atoms with Gasteiger partial charge in [-0.1, -0.05) is 11.6 Å². The Hall–Kier alpha value is -3.07. The molecule has 3 rings (SSSR count). The summed E-state index contributed by atoms with van der Waals surface area (Å²) in [4.78, 5) is 16.1. The summed E-state index contributed by atoms with van der Waals surface area (Å²) in [5.41, 5.74) is 0.932. The summed E-state index contributed by atoms with van der Waals surface area (Å²) < 4.78 is 41.5. The van der Waals surface area contributed by atoms with Crippen LogP contribution in [0.1, 0.15) is 10.6 Å². The molecule has 26 heavy (non-hydrogen) atoms. The second-order valence-electron chi connectivity index (χ2n) is 5.02. The van der Waals surface area contributed by atoms with Crippen LogP contribution in [0, 0.1) is 0 Å². The van der Waals surface area contributed by atoms with E-state index in [2.05, 4.69) is 20.1 Å². The fourth-order valence-corrected chi connectivity index (χ4v) is 2.14. The van der Waals surface area contributed by atoms with Gasteiger partial charge in [-0.25, -0.2) is 9.67 Å². The molecule has 1 aromatic heterocycles. The molecule has 0 spiro atoms. The van der Waals surface area contributed by atoms with E-state index in [1.807, 2.05) is 0 Å². The number of alkyl halides is 3. The Morgan fingerprint density at radius 1 is 1.08 bits per heavy atom. The van der Waals surface area contributed by atoms with E-state index >= 15 is 0 Å². The molecule has 0 aliphatic carbocycles. The average Bonchev–Trinajstić information content (AvgIpc) is 3.06. The molecule has 1 N–H and O–H groups in total. The number of benzene rings is 2. The van der Waals surface area contributed by atoms with Crippen molar-refractivity contribution in [1.29, 1.82) is 0 Å². The van der Waals surface area contributed by atoms with E-state index in [4.69, 9.17) is 11.6 Å². The predicted octanol–water partition coefficient (Wildman–Crippen LogP) is 4.07. The Labute approximate surface area is 150 Å². The average molecular weight is 383 g/mol. The zero-order valence-corrected chi connectivity index (χ0v) is 13.6. The summed E-state index contributed by atoms with van der Waals surface area (Å²) >= 11 is 5.81. The lowest BCUT2D eigenvalue weighted by Gasteiger charge is -2.09. The number of amides is 1. The largest absolute Gasteiger partial charge is 0.573 e. The Morgan fingerprint density at radius 3 is 2.35 bits per heavy atom. The molecule has 0 aliphatic heterocycles. The van der Waals surface area contributed by atoms with E-state index in [1.165, 1.54) is 23.1 Å². The summed E-state index contributed by atoms with van der Waals surface area (Å²) in [6.45, 7) is 0. The Bertz CT molecular complexity index is 908. The van der Waals surface area contributed by atoms with Crippen molar-refractivity contribution >= 4 is 23.2 Å². The first-order valence-electron chi connectivity index (χ1n) is 7.15. The van der Waals surface area contributed by atoms with Crippen LogP contribution >= 0.6 is 11.6 Å². The number of nitrogens with zero attached hydrogens (tertiary/aromatic N) is 3. The third-order valence-electron chi connectivity index (χ3n) is 3.13. The van der Waals surface area contributed by atoms with E-state index in [1.54, 1.807) is 24.3 Å². The first kappa shape index (κ1) is 17.7. The quantitative estimate of drug-likeness (QED) is 0.738. The smallest absolute Gasteiger partial charge is 0.406 e. The maximum absolute atomic E-state index is 12.1. The van der Waals surface area contributed by atoms with Gasteiger partial charge in [-0.05, 0) is 48.5 Å². The second kappa shape index (κ2) is 7.04. The minimum atomic E-state index is -4.77. The normalized spacial score (nSPS) is 11.2. The number of hydrogen-bond donors (Lipinski definition) is 1. The van der Waals surface area contributed by atoms with Gasteiger partial charge in [0, 0.05) is 10.7 Å². The van der Waals surface area contributed by atoms with Gasteiger partial charge < -0.3 is 10.1 Å². The molecule has 0 aliphatic rings. The van der Waals surface area contributed by atoms with Gasteiger partial charge in [0.25, 0.3) is 5.91 Å². The van der Waals surface area contributed by atoms with Gasteiger partial charge >= 0.3 is 6.36 Å². The first-order valence-corrected chi connectivity index (χ1v) is 7.53. The topological polar surface area (TPSA) is 69.0 Å². The summed E-state index contributed by atoms with van der Waals surface area (Å²) in [5.74, 6) is -1.10. The molecule has 1 heterocycles. The maximum atomic E-state index is 12.1. The summed E-state index contributed by atoms with van der Waals surface area (Å²) in [6, 6.07) is 11.5. The fourth-order valence-electron chi connectivity index (χ4n) is 2.01. The lowest BCUT2D eigenvalue weighted by atomic mass is 10.3. The number of rotatable bonds is 4. The minimum Gasteiger partial charge on any atom is -0.406 e. The highest BCUT2D eigenvalue weighted by molar-refractivity contribution is 6.30. The molecular weight excluding hydrogens is 373 g/mol. The van der Waals surface area contributed by atoms with E-state index in [0.29, 0.717) is 10.7 Å². The molecule has 1 amide bonds. The van der Waals surface area contributed by atoms with Crippen molar-refractivity contribution < 1.29 is 22.7 Å².